The number of hydrogen-bond acceptors (Lipinski definition) is 1. The van der Waals surface area contributed by atoms with Crippen molar-refractivity contribution in [1.82, 2.24) is 4.57 Å². The van der Waals surface area contributed by atoms with Crippen molar-refractivity contribution in [1.29, 1.82) is 0 Å². The minimum absolute atomic E-state index is 1.11. The maximum Gasteiger partial charge on any atom is 0.0547 e. The van der Waals surface area contributed by atoms with E-state index in [9.17, 15) is 0 Å². The van der Waals surface area contributed by atoms with Crippen LogP contribution in [0.1, 0.15) is 0 Å². The molecule has 2 heteroatoms. The molecule has 0 bridgehead atoms. The fraction of sp³-hybridized carbons (Fsp3) is 0. The van der Waals surface area contributed by atoms with Gasteiger partial charge in [-0.2, -0.15) is 0 Å². The summed E-state index contributed by atoms with van der Waals surface area (Å²) in [6.07, 6.45) is 0. The lowest BCUT2D eigenvalue weighted by molar-refractivity contribution is 1.18. The predicted octanol–water partition coefficient (Wildman–Crippen LogP) is 13.3. The van der Waals surface area contributed by atoms with E-state index in [0.29, 0.717) is 0 Å². The van der Waals surface area contributed by atoms with Gasteiger partial charge in [0.2, 0.25) is 0 Å². The Balaban J connectivity index is 1.23. The number of hydrogen-bond donors (Lipinski definition) is 0. The van der Waals surface area contributed by atoms with Gasteiger partial charge in [0.1, 0.15) is 0 Å². The van der Waals surface area contributed by atoms with Gasteiger partial charge in [0.15, 0.2) is 0 Å². The van der Waals surface area contributed by atoms with E-state index in [1.807, 2.05) is 0 Å². The summed E-state index contributed by atoms with van der Waals surface area (Å²) in [6, 6.07) is 74.0. The molecule has 0 saturated carbocycles. The molecule has 0 atom stereocenters. The number of fused-ring (bicyclic) bond motifs is 3. The molecule has 2 nitrogen and oxygen atoms in total. The van der Waals surface area contributed by atoms with Gasteiger partial charge in [0, 0.05) is 33.4 Å². The maximum absolute atomic E-state index is 2.45. The predicted molar refractivity (Wildman–Crippen MR) is 212 cm³/mol. The molecule has 0 aliphatic rings. The maximum atomic E-state index is 2.45. The van der Waals surface area contributed by atoms with Crippen molar-refractivity contribution in [3.8, 4) is 39.1 Å². The molecule has 0 fully saturated rings. The van der Waals surface area contributed by atoms with Crippen LogP contribution in [-0.2, 0) is 0 Å². The van der Waals surface area contributed by atoms with Crippen LogP contribution < -0.4 is 4.90 Å². The van der Waals surface area contributed by atoms with Crippen LogP contribution in [0.5, 0.6) is 0 Å². The molecule has 0 aliphatic carbocycles. The Morgan fingerprint density at radius 1 is 0.300 bits per heavy atom. The van der Waals surface area contributed by atoms with E-state index in [1.165, 1.54) is 55.2 Å². The van der Waals surface area contributed by atoms with Crippen LogP contribution in [0.15, 0.2) is 206 Å². The number of rotatable bonds is 7. The van der Waals surface area contributed by atoms with Gasteiger partial charge in [-0.25, -0.2) is 0 Å². The molecule has 236 valence electrons. The van der Waals surface area contributed by atoms with Crippen LogP contribution in [0, 0.1) is 0 Å². The van der Waals surface area contributed by atoms with Gasteiger partial charge in [-0.3, -0.25) is 0 Å². The van der Waals surface area contributed by atoms with E-state index in [-0.39, 0.29) is 0 Å². The third-order valence-corrected chi connectivity index (χ3v) is 9.59. The zero-order valence-electron chi connectivity index (χ0n) is 27.5. The summed E-state index contributed by atoms with van der Waals surface area (Å²) in [5, 5.41) is 2.48. The van der Waals surface area contributed by atoms with E-state index in [1.54, 1.807) is 0 Å². The van der Waals surface area contributed by atoms with E-state index >= 15 is 0 Å². The van der Waals surface area contributed by atoms with Crippen LogP contribution in [-0.4, -0.2) is 4.57 Å². The number of nitrogens with zero attached hydrogens (tertiary/aromatic N) is 2. The lowest BCUT2D eigenvalue weighted by atomic mass is 9.93. The Morgan fingerprint density at radius 3 is 1.56 bits per heavy atom. The van der Waals surface area contributed by atoms with Crippen molar-refractivity contribution in [3.63, 3.8) is 0 Å². The normalized spacial score (nSPS) is 11.2. The molecule has 1 aromatic heterocycles. The zero-order valence-corrected chi connectivity index (χ0v) is 27.5. The first-order valence-electron chi connectivity index (χ1n) is 17.1. The highest BCUT2D eigenvalue weighted by atomic mass is 15.1. The van der Waals surface area contributed by atoms with Crippen LogP contribution >= 0.6 is 0 Å². The van der Waals surface area contributed by atoms with E-state index in [4.69, 9.17) is 0 Å². The monoisotopic (exact) mass is 638 g/mol. The Kier molecular flexibility index (Phi) is 7.53. The van der Waals surface area contributed by atoms with Crippen molar-refractivity contribution in [2.24, 2.45) is 0 Å². The van der Waals surface area contributed by atoms with E-state index < -0.39 is 0 Å². The number of anilines is 3. The first-order valence-corrected chi connectivity index (χ1v) is 17.1. The van der Waals surface area contributed by atoms with Crippen LogP contribution in [0.4, 0.5) is 17.1 Å². The number of benzene rings is 8. The Bertz CT molecular complexity index is 2550. The summed E-state index contributed by atoms with van der Waals surface area (Å²) < 4.78 is 2.45. The number of aromatic nitrogens is 1. The molecule has 50 heavy (non-hydrogen) atoms. The second-order valence-electron chi connectivity index (χ2n) is 12.6. The lowest BCUT2D eigenvalue weighted by Crippen LogP contribution is -2.09. The Morgan fingerprint density at radius 2 is 0.820 bits per heavy atom. The summed E-state index contributed by atoms with van der Waals surface area (Å²) in [5.74, 6) is 0. The van der Waals surface area contributed by atoms with Gasteiger partial charge in [0.05, 0.1) is 16.7 Å². The standard InChI is InChI=1S/C48H34N2/c1-4-17-35(18-5-1)41-25-10-11-26-42(41)43-27-12-14-29-46(43)50-47-30-15-13-28-44(47)45-32-31-37(34-48(45)50)36-19-16-24-40(33-36)49(38-20-6-2-7-21-38)39-22-8-3-9-23-39/h1-34H. The summed E-state index contributed by atoms with van der Waals surface area (Å²) in [5.41, 5.74) is 14.1. The minimum atomic E-state index is 1.11. The van der Waals surface area contributed by atoms with Gasteiger partial charge in [-0.15, -0.1) is 0 Å². The second-order valence-corrected chi connectivity index (χ2v) is 12.6. The van der Waals surface area contributed by atoms with Gasteiger partial charge in [0.25, 0.3) is 0 Å². The fourth-order valence-corrected chi connectivity index (χ4v) is 7.32. The topological polar surface area (TPSA) is 8.17 Å². The van der Waals surface area contributed by atoms with E-state index in [2.05, 4.69) is 216 Å². The first-order chi connectivity index (χ1) is 24.8. The Labute approximate surface area is 292 Å². The van der Waals surface area contributed by atoms with Crippen molar-refractivity contribution < 1.29 is 0 Å². The van der Waals surface area contributed by atoms with Gasteiger partial charge in [-0.1, -0.05) is 152 Å². The third kappa shape index (κ3) is 5.24. The van der Waals surface area contributed by atoms with Gasteiger partial charge >= 0.3 is 0 Å². The molecule has 0 saturated heterocycles. The highest BCUT2D eigenvalue weighted by Crippen LogP contribution is 2.41. The molecule has 1 heterocycles. The number of para-hydroxylation sites is 4. The SMILES string of the molecule is c1ccc(-c2ccccc2-c2ccccc2-n2c3ccccc3c3ccc(-c4cccc(N(c5ccccc5)c5ccccc5)c4)cc32)cc1. The van der Waals surface area contributed by atoms with Crippen molar-refractivity contribution in [2.75, 3.05) is 4.90 Å². The van der Waals surface area contributed by atoms with Gasteiger partial charge < -0.3 is 9.47 Å². The average molecular weight is 639 g/mol. The first kappa shape index (κ1) is 29.5. The third-order valence-electron chi connectivity index (χ3n) is 9.59. The molecule has 0 radical (unpaired) electrons. The zero-order chi connectivity index (χ0) is 33.3. The smallest absolute Gasteiger partial charge is 0.0547 e. The molecular formula is C48H34N2. The van der Waals surface area contributed by atoms with Crippen LogP contribution in [0.25, 0.3) is 60.9 Å². The Hall–Kier alpha value is -6.64. The lowest BCUT2D eigenvalue weighted by Gasteiger charge is -2.26. The van der Waals surface area contributed by atoms with Crippen molar-refractivity contribution in [2.45, 2.75) is 0 Å². The molecule has 0 N–H and O–H groups in total. The summed E-state index contributed by atoms with van der Waals surface area (Å²) >= 11 is 0. The van der Waals surface area contributed by atoms with Crippen molar-refractivity contribution in [3.05, 3.63) is 206 Å². The highest BCUT2D eigenvalue weighted by Gasteiger charge is 2.18. The van der Waals surface area contributed by atoms with E-state index in [0.717, 1.165) is 22.7 Å². The largest absolute Gasteiger partial charge is 0.310 e. The molecular weight excluding hydrogens is 605 g/mol. The second kappa shape index (κ2) is 12.8. The summed E-state index contributed by atoms with van der Waals surface area (Å²) in [7, 11) is 0. The van der Waals surface area contributed by atoms with Gasteiger partial charge in [-0.05, 0) is 82.4 Å². The van der Waals surface area contributed by atoms with Crippen molar-refractivity contribution >= 4 is 38.9 Å². The summed E-state index contributed by atoms with van der Waals surface area (Å²) in [6.45, 7) is 0. The quantitative estimate of drug-likeness (QED) is 0.169. The van der Waals surface area contributed by atoms with Crippen LogP contribution in [0.3, 0.4) is 0 Å². The molecule has 9 rings (SSSR count). The molecule has 0 amide bonds. The molecule has 0 aliphatic heterocycles. The fourth-order valence-electron chi connectivity index (χ4n) is 7.32. The molecule has 8 aromatic carbocycles. The average Bonchev–Trinajstić information content (AvgIpc) is 3.53. The molecule has 0 spiro atoms. The molecule has 0 unspecified atom stereocenters. The summed E-state index contributed by atoms with van der Waals surface area (Å²) in [4.78, 5) is 2.32. The minimum Gasteiger partial charge on any atom is -0.310 e. The highest BCUT2D eigenvalue weighted by molar-refractivity contribution is 6.11. The molecule has 9 aromatic rings. The van der Waals surface area contributed by atoms with Crippen LogP contribution in [0.2, 0.25) is 0 Å².